The number of rotatable bonds is 10. The summed E-state index contributed by atoms with van der Waals surface area (Å²) in [6, 6.07) is 6.63. The summed E-state index contributed by atoms with van der Waals surface area (Å²) in [6.07, 6.45) is 2.02. The first-order chi connectivity index (χ1) is 12.4. The first-order valence-corrected chi connectivity index (χ1v) is 10.8. The number of nitrogens with zero attached hydrogens (tertiary/aromatic N) is 1. The Morgan fingerprint density at radius 1 is 1.19 bits per heavy atom. The van der Waals surface area contributed by atoms with Crippen LogP contribution in [0.15, 0.2) is 29.2 Å². The Morgan fingerprint density at radius 3 is 2.42 bits per heavy atom. The van der Waals surface area contributed by atoms with E-state index in [1.807, 2.05) is 0 Å². The van der Waals surface area contributed by atoms with Gasteiger partial charge in [-0.05, 0) is 62.0 Å². The van der Waals surface area contributed by atoms with Gasteiger partial charge in [-0.15, -0.1) is 0 Å². The number of hydrogen-bond donors (Lipinski definition) is 1. The van der Waals surface area contributed by atoms with Gasteiger partial charge in [-0.25, -0.2) is 13.1 Å². The molecule has 1 N–H and O–H groups in total. The van der Waals surface area contributed by atoms with Gasteiger partial charge in [0.15, 0.2) is 0 Å². The lowest BCUT2D eigenvalue weighted by molar-refractivity contribution is 0.121. The van der Waals surface area contributed by atoms with Crippen molar-refractivity contribution in [1.29, 1.82) is 0 Å². The quantitative estimate of drug-likeness (QED) is 0.671. The summed E-state index contributed by atoms with van der Waals surface area (Å²) in [5.41, 5.74) is 0. The highest BCUT2D eigenvalue weighted by Gasteiger charge is 2.21. The molecule has 0 saturated carbocycles. The number of benzene rings is 1. The van der Waals surface area contributed by atoms with Crippen LogP contribution in [0.3, 0.4) is 0 Å². The maximum Gasteiger partial charge on any atom is 0.240 e. The number of ether oxygens (including phenoxy) is 2. The van der Waals surface area contributed by atoms with Gasteiger partial charge in [0.25, 0.3) is 0 Å². The van der Waals surface area contributed by atoms with Crippen LogP contribution in [-0.4, -0.2) is 59.8 Å². The molecule has 6 nitrogen and oxygen atoms in total. The molecule has 26 heavy (non-hydrogen) atoms. The molecule has 1 aromatic rings. The highest BCUT2D eigenvalue weighted by Crippen LogP contribution is 2.19. The molecule has 1 heterocycles. The topological polar surface area (TPSA) is 67.9 Å². The molecule has 1 aliphatic rings. The van der Waals surface area contributed by atoms with Gasteiger partial charge in [0.05, 0.1) is 18.1 Å². The summed E-state index contributed by atoms with van der Waals surface area (Å²) in [7, 11) is -1.76. The number of hydrogen-bond acceptors (Lipinski definition) is 5. The lowest BCUT2D eigenvalue weighted by Gasteiger charge is -2.31. The smallest absolute Gasteiger partial charge is 0.240 e. The molecule has 0 amide bonds. The largest absolute Gasteiger partial charge is 0.493 e. The van der Waals surface area contributed by atoms with Crippen molar-refractivity contribution in [3.05, 3.63) is 24.3 Å². The fourth-order valence-electron chi connectivity index (χ4n) is 2.92. The fourth-order valence-corrected chi connectivity index (χ4v) is 4.04. The average Bonchev–Trinajstić information content (AvgIpc) is 2.64. The van der Waals surface area contributed by atoms with E-state index in [9.17, 15) is 8.42 Å². The Balaban J connectivity index is 1.80. The second-order valence-electron chi connectivity index (χ2n) is 7.31. The second-order valence-corrected chi connectivity index (χ2v) is 9.07. The number of piperidine rings is 1. The van der Waals surface area contributed by atoms with Gasteiger partial charge < -0.3 is 14.4 Å². The summed E-state index contributed by atoms with van der Waals surface area (Å²) in [5, 5.41) is 0. The molecule has 0 unspecified atom stereocenters. The van der Waals surface area contributed by atoms with Crippen LogP contribution in [-0.2, 0) is 14.8 Å². The van der Waals surface area contributed by atoms with E-state index in [2.05, 4.69) is 23.5 Å². The Kier molecular flexibility index (Phi) is 8.34. The highest BCUT2D eigenvalue weighted by atomic mass is 32.2. The first kappa shape index (κ1) is 21.2. The van der Waals surface area contributed by atoms with Crippen LogP contribution < -0.4 is 9.46 Å². The van der Waals surface area contributed by atoms with Crippen LogP contribution in [0.1, 0.15) is 26.7 Å². The first-order valence-electron chi connectivity index (χ1n) is 9.34. The van der Waals surface area contributed by atoms with Gasteiger partial charge in [-0.2, -0.15) is 0 Å². The molecule has 0 atom stereocenters. The maximum atomic E-state index is 12.5. The van der Waals surface area contributed by atoms with E-state index in [0.717, 1.165) is 39.1 Å². The number of methoxy groups -OCH3 is 1. The van der Waals surface area contributed by atoms with Crippen molar-refractivity contribution in [2.45, 2.75) is 31.6 Å². The van der Waals surface area contributed by atoms with Crippen LogP contribution in [0.2, 0.25) is 0 Å². The molecule has 0 aromatic heterocycles. The maximum absolute atomic E-state index is 12.5. The van der Waals surface area contributed by atoms with Gasteiger partial charge in [-0.1, -0.05) is 13.8 Å². The predicted molar refractivity (Wildman–Crippen MR) is 103 cm³/mol. The lowest BCUT2D eigenvalue weighted by atomic mass is 9.97. The van der Waals surface area contributed by atoms with Gasteiger partial charge in [0.2, 0.25) is 10.0 Å². The van der Waals surface area contributed by atoms with E-state index >= 15 is 0 Å². The molecule has 0 spiro atoms. The Bertz CT molecular complexity index is 623. The Hall–Kier alpha value is -1.15. The van der Waals surface area contributed by atoms with Crippen molar-refractivity contribution < 1.29 is 17.9 Å². The third kappa shape index (κ3) is 6.87. The van der Waals surface area contributed by atoms with E-state index in [4.69, 9.17) is 9.47 Å². The number of likely N-dealkylation sites (tertiary alicyclic amines) is 1. The zero-order valence-corrected chi connectivity index (χ0v) is 16.9. The fraction of sp³-hybridized carbons (Fsp3) is 0.684. The van der Waals surface area contributed by atoms with Gasteiger partial charge in [-0.3, -0.25) is 0 Å². The molecule has 0 radical (unpaired) electrons. The molecule has 1 fully saturated rings. The van der Waals surface area contributed by atoms with Crippen molar-refractivity contribution in [3.63, 3.8) is 0 Å². The summed E-state index contributed by atoms with van der Waals surface area (Å²) in [5.74, 6) is 1.51. The summed E-state index contributed by atoms with van der Waals surface area (Å²) in [6.45, 7) is 8.94. The van der Waals surface area contributed by atoms with Gasteiger partial charge in [0, 0.05) is 20.2 Å². The standard InChI is InChI=1S/C19H32N2O4S/c1-16(2)15-25-18-4-6-19(7-5-18)26(22,23)20-14-17-8-10-21(11-9-17)12-13-24-3/h4-7,16-17,20H,8-15H2,1-3H3. The SMILES string of the molecule is COCCN1CCC(CNS(=O)(=O)c2ccc(OCC(C)C)cc2)CC1. The van der Waals surface area contributed by atoms with Crippen LogP contribution in [0.4, 0.5) is 0 Å². The third-order valence-corrected chi connectivity index (χ3v) is 6.04. The minimum atomic E-state index is -3.47. The molecular weight excluding hydrogens is 352 g/mol. The Morgan fingerprint density at radius 2 is 1.85 bits per heavy atom. The molecule has 1 aliphatic heterocycles. The molecule has 0 bridgehead atoms. The lowest BCUT2D eigenvalue weighted by Crippen LogP contribution is -2.39. The summed E-state index contributed by atoms with van der Waals surface area (Å²) in [4.78, 5) is 2.65. The molecule has 0 aliphatic carbocycles. The van der Waals surface area contributed by atoms with E-state index < -0.39 is 10.0 Å². The van der Waals surface area contributed by atoms with Gasteiger partial charge in [0.1, 0.15) is 5.75 Å². The van der Waals surface area contributed by atoms with Crippen molar-refractivity contribution >= 4 is 10.0 Å². The minimum Gasteiger partial charge on any atom is -0.493 e. The molecule has 1 saturated heterocycles. The van der Waals surface area contributed by atoms with Crippen LogP contribution in [0.5, 0.6) is 5.75 Å². The zero-order chi connectivity index (χ0) is 19.0. The molecular formula is C19H32N2O4S. The minimum absolute atomic E-state index is 0.284. The zero-order valence-electron chi connectivity index (χ0n) is 16.1. The van der Waals surface area contributed by atoms with Crippen LogP contribution in [0, 0.1) is 11.8 Å². The monoisotopic (exact) mass is 384 g/mol. The van der Waals surface area contributed by atoms with E-state index in [1.54, 1.807) is 31.4 Å². The van der Waals surface area contributed by atoms with Crippen LogP contribution in [0.25, 0.3) is 0 Å². The van der Waals surface area contributed by atoms with E-state index in [-0.39, 0.29) is 4.90 Å². The van der Waals surface area contributed by atoms with E-state index in [1.165, 1.54) is 0 Å². The van der Waals surface area contributed by atoms with Crippen molar-refractivity contribution in [2.75, 3.05) is 46.5 Å². The van der Waals surface area contributed by atoms with Crippen molar-refractivity contribution in [2.24, 2.45) is 11.8 Å². The van der Waals surface area contributed by atoms with Gasteiger partial charge >= 0.3 is 0 Å². The van der Waals surface area contributed by atoms with E-state index in [0.29, 0.717) is 30.7 Å². The molecule has 7 heteroatoms. The third-order valence-electron chi connectivity index (χ3n) is 4.60. The number of nitrogens with one attached hydrogen (secondary N) is 1. The summed E-state index contributed by atoms with van der Waals surface area (Å²) < 4.78 is 38.4. The Labute approximate surface area is 157 Å². The molecule has 1 aromatic carbocycles. The normalized spacial score (nSPS) is 16.9. The molecule has 148 valence electrons. The van der Waals surface area contributed by atoms with Crippen molar-refractivity contribution in [1.82, 2.24) is 9.62 Å². The molecule has 2 rings (SSSR count). The highest BCUT2D eigenvalue weighted by molar-refractivity contribution is 7.89. The summed E-state index contributed by atoms with van der Waals surface area (Å²) >= 11 is 0. The average molecular weight is 385 g/mol. The van der Waals surface area contributed by atoms with Crippen LogP contribution >= 0.6 is 0 Å². The number of sulfonamides is 1. The predicted octanol–water partition coefficient (Wildman–Crippen LogP) is 2.36. The van der Waals surface area contributed by atoms with Crippen molar-refractivity contribution in [3.8, 4) is 5.75 Å². The second kappa shape index (κ2) is 10.3.